The van der Waals surface area contributed by atoms with Crippen molar-refractivity contribution in [1.82, 2.24) is 4.98 Å². The number of aryl methyl sites for hydroxylation is 1. The third-order valence-corrected chi connectivity index (χ3v) is 2.02. The van der Waals surface area contributed by atoms with Crippen molar-refractivity contribution in [1.29, 1.82) is 0 Å². The molecule has 0 bridgehead atoms. The minimum atomic E-state index is -1.23. The normalized spacial score (nSPS) is 9.73. The number of carboxylic acids is 1. The Hall–Kier alpha value is -1.43. The molecule has 0 radical (unpaired) electrons. The summed E-state index contributed by atoms with van der Waals surface area (Å²) in [5, 5.41) is 8.34. The van der Waals surface area contributed by atoms with Crippen molar-refractivity contribution in [2.24, 2.45) is 0 Å². The van der Waals surface area contributed by atoms with Crippen LogP contribution in [0.3, 0.4) is 0 Å². The van der Waals surface area contributed by atoms with Crippen molar-refractivity contribution in [2.45, 2.75) is 13.3 Å². The van der Waals surface area contributed by atoms with Crippen LogP contribution in [-0.2, 0) is 9.59 Å². The third-order valence-electron chi connectivity index (χ3n) is 1.45. The molecule has 5 nitrogen and oxygen atoms in total. The fraction of sp³-hybridized carbons (Fsp3) is 0.222. The average molecular weight is 274 g/mol. The van der Waals surface area contributed by atoms with Crippen molar-refractivity contribution in [3.05, 3.63) is 22.3 Å². The quantitative estimate of drug-likeness (QED) is 0.668. The molecule has 6 heteroatoms. The van der Waals surface area contributed by atoms with Gasteiger partial charge in [-0.3, -0.25) is 9.59 Å². The second-order valence-corrected chi connectivity index (χ2v) is 3.70. The molecule has 0 fully saturated rings. The van der Waals surface area contributed by atoms with Crippen molar-refractivity contribution >= 4 is 27.9 Å². The van der Waals surface area contributed by atoms with Gasteiger partial charge in [0.15, 0.2) is 0 Å². The summed E-state index contributed by atoms with van der Waals surface area (Å²) in [5.41, 5.74) is 0.903. The van der Waals surface area contributed by atoms with E-state index >= 15 is 0 Å². The number of aromatic nitrogens is 1. The van der Waals surface area contributed by atoms with E-state index < -0.39 is 18.4 Å². The number of carbonyl (C=O) groups is 2. The van der Waals surface area contributed by atoms with Gasteiger partial charge in [-0.1, -0.05) is 0 Å². The Balaban J connectivity index is 2.72. The van der Waals surface area contributed by atoms with Crippen LogP contribution in [0.25, 0.3) is 0 Å². The molecule has 0 amide bonds. The number of aliphatic carboxylic acids is 1. The molecule has 1 aromatic heterocycles. The van der Waals surface area contributed by atoms with Gasteiger partial charge in [0, 0.05) is 6.20 Å². The highest BCUT2D eigenvalue weighted by Crippen LogP contribution is 2.22. The lowest BCUT2D eigenvalue weighted by atomic mass is 10.3. The zero-order valence-corrected chi connectivity index (χ0v) is 9.44. The van der Waals surface area contributed by atoms with E-state index in [-0.39, 0.29) is 5.88 Å². The first-order chi connectivity index (χ1) is 6.99. The molecular formula is C9H8BrNO4. The number of halogens is 1. The number of nitrogens with zero attached hydrogens (tertiary/aromatic N) is 1. The van der Waals surface area contributed by atoms with E-state index in [0.717, 1.165) is 5.56 Å². The number of pyridine rings is 1. The molecule has 1 aromatic rings. The van der Waals surface area contributed by atoms with Crippen LogP contribution in [0.4, 0.5) is 0 Å². The summed E-state index contributed by atoms with van der Waals surface area (Å²) in [4.78, 5) is 25.0. The van der Waals surface area contributed by atoms with Gasteiger partial charge in [0.05, 0.1) is 4.47 Å². The molecule has 0 aliphatic carbocycles. The van der Waals surface area contributed by atoms with Gasteiger partial charge in [0.25, 0.3) is 0 Å². The Morgan fingerprint density at radius 1 is 1.60 bits per heavy atom. The lowest BCUT2D eigenvalue weighted by Gasteiger charge is -2.04. The summed E-state index contributed by atoms with van der Waals surface area (Å²) in [6.45, 7) is 1.83. The fourth-order valence-corrected chi connectivity index (χ4v) is 1.41. The van der Waals surface area contributed by atoms with E-state index in [1.807, 2.05) is 6.92 Å². The molecule has 15 heavy (non-hydrogen) atoms. The van der Waals surface area contributed by atoms with Gasteiger partial charge in [-0.15, -0.1) is 0 Å². The van der Waals surface area contributed by atoms with Crippen LogP contribution in [0.5, 0.6) is 5.88 Å². The molecule has 0 unspecified atom stereocenters. The van der Waals surface area contributed by atoms with Crippen LogP contribution < -0.4 is 4.74 Å². The molecule has 0 saturated heterocycles. The summed E-state index contributed by atoms with van der Waals surface area (Å²) < 4.78 is 5.25. The Bertz CT molecular complexity index is 405. The lowest BCUT2D eigenvalue weighted by molar-refractivity contribution is -0.145. The Morgan fingerprint density at radius 3 is 2.80 bits per heavy atom. The highest BCUT2D eigenvalue weighted by Gasteiger charge is 2.12. The second-order valence-electron chi connectivity index (χ2n) is 2.84. The largest absolute Gasteiger partial charge is 0.481 e. The molecule has 0 aliphatic heterocycles. The molecule has 1 heterocycles. The van der Waals surface area contributed by atoms with Crippen molar-refractivity contribution < 1.29 is 19.4 Å². The van der Waals surface area contributed by atoms with Gasteiger partial charge in [-0.05, 0) is 34.5 Å². The van der Waals surface area contributed by atoms with Crippen molar-refractivity contribution in [3.8, 4) is 5.88 Å². The first-order valence-corrected chi connectivity index (χ1v) is 4.83. The molecular weight excluding hydrogens is 266 g/mol. The van der Waals surface area contributed by atoms with E-state index in [0.29, 0.717) is 4.47 Å². The summed E-state index contributed by atoms with van der Waals surface area (Å²) >= 11 is 3.15. The van der Waals surface area contributed by atoms with Crippen LogP contribution in [0, 0.1) is 6.92 Å². The molecule has 80 valence electrons. The maximum atomic E-state index is 11.0. The van der Waals surface area contributed by atoms with Crippen molar-refractivity contribution in [3.63, 3.8) is 0 Å². The maximum Gasteiger partial charge on any atom is 0.323 e. The van der Waals surface area contributed by atoms with Gasteiger partial charge in [0.2, 0.25) is 5.88 Å². The van der Waals surface area contributed by atoms with E-state index in [2.05, 4.69) is 20.9 Å². The number of rotatable bonds is 3. The Morgan fingerprint density at radius 2 is 2.27 bits per heavy atom. The van der Waals surface area contributed by atoms with Gasteiger partial charge in [0.1, 0.15) is 6.42 Å². The highest BCUT2D eigenvalue weighted by atomic mass is 79.9. The van der Waals surface area contributed by atoms with Crippen LogP contribution in [0.1, 0.15) is 12.0 Å². The molecule has 1 N–H and O–H groups in total. The first kappa shape index (κ1) is 11.6. The predicted molar refractivity (Wildman–Crippen MR) is 54.6 cm³/mol. The van der Waals surface area contributed by atoms with Gasteiger partial charge in [-0.25, -0.2) is 4.98 Å². The van der Waals surface area contributed by atoms with Crippen molar-refractivity contribution in [2.75, 3.05) is 0 Å². The zero-order chi connectivity index (χ0) is 11.4. The second kappa shape index (κ2) is 4.88. The van der Waals surface area contributed by atoms with Gasteiger partial charge < -0.3 is 9.84 Å². The van der Waals surface area contributed by atoms with E-state index in [9.17, 15) is 9.59 Å². The minimum Gasteiger partial charge on any atom is -0.481 e. The Kier molecular flexibility index (Phi) is 3.79. The van der Waals surface area contributed by atoms with Crippen LogP contribution in [0.15, 0.2) is 16.7 Å². The minimum absolute atomic E-state index is 0.0758. The van der Waals surface area contributed by atoms with Crippen LogP contribution in [0.2, 0.25) is 0 Å². The first-order valence-electron chi connectivity index (χ1n) is 4.03. The predicted octanol–water partition coefficient (Wildman–Crippen LogP) is 1.53. The number of carbonyl (C=O) groups excluding carboxylic acids is 1. The summed E-state index contributed by atoms with van der Waals surface area (Å²) in [6, 6.07) is 1.72. The fourth-order valence-electron chi connectivity index (χ4n) is 0.863. The number of hydrogen-bond donors (Lipinski definition) is 1. The van der Waals surface area contributed by atoms with Crippen LogP contribution >= 0.6 is 15.9 Å². The summed E-state index contributed by atoms with van der Waals surface area (Å²) in [7, 11) is 0. The average Bonchev–Trinajstić information content (AvgIpc) is 2.08. The van der Waals surface area contributed by atoms with Gasteiger partial charge in [-0.2, -0.15) is 0 Å². The van der Waals surface area contributed by atoms with E-state index in [1.165, 1.54) is 6.20 Å². The lowest BCUT2D eigenvalue weighted by Crippen LogP contribution is -2.14. The molecule has 0 saturated carbocycles. The number of carboxylic acid groups (broad SMARTS) is 1. The van der Waals surface area contributed by atoms with E-state index in [1.54, 1.807) is 6.07 Å². The monoisotopic (exact) mass is 273 g/mol. The smallest absolute Gasteiger partial charge is 0.323 e. The Labute approximate surface area is 94.2 Å². The molecule has 0 aromatic carbocycles. The van der Waals surface area contributed by atoms with Crippen LogP contribution in [-0.4, -0.2) is 22.0 Å². The molecule has 0 atom stereocenters. The number of ether oxygens (including phenoxy) is 1. The van der Waals surface area contributed by atoms with Gasteiger partial charge >= 0.3 is 11.9 Å². The highest BCUT2D eigenvalue weighted by molar-refractivity contribution is 9.10. The molecule has 0 spiro atoms. The topological polar surface area (TPSA) is 76.5 Å². The SMILES string of the molecule is Cc1cnc(OC(=O)CC(=O)O)c(Br)c1. The standard InChI is InChI=1S/C9H8BrNO4/c1-5-2-6(10)9(11-4-5)15-8(14)3-7(12)13/h2,4H,3H2,1H3,(H,12,13). The summed E-state index contributed by atoms with van der Waals surface area (Å²) in [6.07, 6.45) is 0.843. The maximum absolute atomic E-state index is 11.0. The molecule has 0 aliphatic rings. The third kappa shape index (κ3) is 3.67. The van der Waals surface area contributed by atoms with E-state index in [4.69, 9.17) is 9.84 Å². The molecule has 1 rings (SSSR count). The number of hydrogen-bond acceptors (Lipinski definition) is 4. The zero-order valence-electron chi connectivity index (χ0n) is 7.86. The number of esters is 1. The summed E-state index contributed by atoms with van der Waals surface area (Å²) in [5.74, 6) is -2.00.